The Hall–Kier alpha value is -4.97. The molecule has 0 bridgehead atoms. The number of rotatable bonds is 52. The summed E-state index contributed by atoms with van der Waals surface area (Å²) in [6, 6.07) is 0. The van der Waals surface area contributed by atoms with Gasteiger partial charge in [0.15, 0.2) is 6.10 Å². The summed E-state index contributed by atoms with van der Waals surface area (Å²) in [6.45, 7) is 6.27. The largest absolute Gasteiger partial charge is 0.462 e. The van der Waals surface area contributed by atoms with E-state index < -0.39 is 12.1 Å². The third-order valence-electron chi connectivity index (χ3n) is 12.0. The number of unbranched alkanes of at least 4 members (excludes halogenated alkanes) is 15. The van der Waals surface area contributed by atoms with Gasteiger partial charge in [0, 0.05) is 19.3 Å². The fourth-order valence-electron chi connectivity index (χ4n) is 7.61. The highest BCUT2D eigenvalue weighted by Gasteiger charge is 2.19. The first-order valence-electron chi connectivity index (χ1n) is 30.0. The van der Waals surface area contributed by atoms with Gasteiger partial charge < -0.3 is 14.2 Å². The van der Waals surface area contributed by atoms with Crippen molar-refractivity contribution in [2.45, 2.75) is 245 Å². The molecule has 0 aromatic rings. The molecule has 0 radical (unpaired) electrons. The number of esters is 3. The van der Waals surface area contributed by atoms with Crippen molar-refractivity contribution >= 4 is 17.9 Å². The second kappa shape index (κ2) is 61.6. The average Bonchev–Trinajstić information content (AvgIpc) is 3.41. The predicted molar refractivity (Wildman–Crippen MR) is 325 cm³/mol. The van der Waals surface area contributed by atoms with Gasteiger partial charge >= 0.3 is 17.9 Å². The highest BCUT2D eigenvalue weighted by molar-refractivity contribution is 5.71. The SMILES string of the molecule is CC/C=C\C/C=C\C/C=C\C/C=C\C/C=C\C/C=C\CCC(=O)OCC(COC(=O)CCCCCCCCCCC/C=C\CCCCCCCC)OC(=O)CC/C=C\C/C=C\C/C=C\C/C=C\C/C=C\C/C=C\CC. The summed E-state index contributed by atoms with van der Waals surface area (Å²) in [6.07, 6.45) is 89.7. The molecule has 75 heavy (non-hydrogen) atoms. The summed E-state index contributed by atoms with van der Waals surface area (Å²) in [5.74, 6) is -1.12. The van der Waals surface area contributed by atoms with E-state index in [1.54, 1.807) is 0 Å². The molecule has 0 heterocycles. The van der Waals surface area contributed by atoms with E-state index >= 15 is 0 Å². The molecule has 0 amide bonds. The first-order valence-corrected chi connectivity index (χ1v) is 30.0. The third kappa shape index (κ3) is 59.8. The maximum atomic E-state index is 12.8. The van der Waals surface area contributed by atoms with E-state index in [1.165, 1.54) is 89.9 Å². The van der Waals surface area contributed by atoms with Gasteiger partial charge in [-0.25, -0.2) is 0 Å². The quantitative estimate of drug-likeness (QED) is 0.0261. The van der Waals surface area contributed by atoms with Gasteiger partial charge in [0.2, 0.25) is 0 Å². The van der Waals surface area contributed by atoms with E-state index in [2.05, 4.69) is 154 Å². The summed E-state index contributed by atoms with van der Waals surface area (Å²) >= 11 is 0. The maximum absolute atomic E-state index is 12.8. The van der Waals surface area contributed by atoms with Crippen LogP contribution in [-0.2, 0) is 28.6 Å². The van der Waals surface area contributed by atoms with Crippen LogP contribution in [0.1, 0.15) is 239 Å². The summed E-state index contributed by atoms with van der Waals surface area (Å²) < 4.78 is 16.7. The lowest BCUT2D eigenvalue weighted by Crippen LogP contribution is -2.30. The molecule has 0 saturated carbocycles. The lowest BCUT2D eigenvalue weighted by molar-refractivity contribution is -0.166. The Bertz CT molecular complexity index is 1710. The van der Waals surface area contributed by atoms with Crippen LogP contribution in [0.2, 0.25) is 0 Å². The van der Waals surface area contributed by atoms with Crippen LogP contribution in [0.5, 0.6) is 0 Å². The monoisotopic (exact) mass is 1030 g/mol. The smallest absolute Gasteiger partial charge is 0.306 e. The van der Waals surface area contributed by atoms with Crippen LogP contribution in [0.15, 0.2) is 158 Å². The number of hydrogen-bond donors (Lipinski definition) is 0. The Balaban J connectivity index is 4.63. The first-order chi connectivity index (χ1) is 37.0. The Labute approximate surface area is 460 Å². The van der Waals surface area contributed by atoms with Gasteiger partial charge in [-0.15, -0.1) is 0 Å². The Morgan fingerprint density at radius 1 is 0.280 bits per heavy atom. The van der Waals surface area contributed by atoms with Crippen molar-refractivity contribution in [2.24, 2.45) is 0 Å². The van der Waals surface area contributed by atoms with Crippen molar-refractivity contribution in [1.29, 1.82) is 0 Å². The number of allylic oxidation sites excluding steroid dienone is 26. The van der Waals surface area contributed by atoms with E-state index in [1.807, 2.05) is 24.3 Å². The molecular weight excluding hydrogens is 925 g/mol. The van der Waals surface area contributed by atoms with Crippen molar-refractivity contribution < 1.29 is 28.6 Å². The third-order valence-corrected chi connectivity index (χ3v) is 12.0. The van der Waals surface area contributed by atoms with E-state index in [9.17, 15) is 14.4 Å². The zero-order valence-electron chi connectivity index (χ0n) is 48.0. The molecule has 0 saturated heterocycles. The molecule has 420 valence electrons. The molecule has 6 heteroatoms. The van der Waals surface area contributed by atoms with E-state index in [0.29, 0.717) is 19.3 Å². The molecule has 1 atom stereocenters. The molecule has 0 aliphatic heterocycles. The molecule has 1 unspecified atom stereocenters. The zero-order valence-corrected chi connectivity index (χ0v) is 48.0. The Morgan fingerprint density at radius 2 is 0.547 bits per heavy atom. The normalized spacial score (nSPS) is 13.3. The van der Waals surface area contributed by atoms with Crippen molar-refractivity contribution in [3.63, 3.8) is 0 Å². The van der Waals surface area contributed by atoms with E-state index in [0.717, 1.165) is 96.3 Å². The van der Waals surface area contributed by atoms with E-state index in [4.69, 9.17) is 14.2 Å². The highest BCUT2D eigenvalue weighted by Crippen LogP contribution is 2.14. The van der Waals surface area contributed by atoms with Crippen LogP contribution in [0.25, 0.3) is 0 Å². The van der Waals surface area contributed by atoms with Gasteiger partial charge in [-0.3, -0.25) is 14.4 Å². The molecule has 0 rings (SSSR count). The van der Waals surface area contributed by atoms with Crippen LogP contribution >= 0.6 is 0 Å². The summed E-state index contributed by atoms with van der Waals surface area (Å²) in [5, 5.41) is 0. The van der Waals surface area contributed by atoms with Crippen LogP contribution < -0.4 is 0 Å². The van der Waals surface area contributed by atoms with Crippen LogP contribution in [0.4, 0.5) is 0 Å². The van der Waals surface area contributed by atoms with Crippen molar-refractivity contribution in [3.05, 3.63) is 158 Å². The first kappa shape index (κ1) is 70.0. The number of hydrogen-bond acceptors (Lipinski definition) is 6. The lowest BCUT2D eigenvalue weighted by atomic mass is 10.1. The minimum Gasteiger partial charge on any atom is -0.462 e. The lowest BCUT2D eigenvalue weighted by Gasteiger charge is -2.18. The molecule has 0 aliphatic rings. The molecular formula is C69H108O6. The standard InChI is InChI=1S/C69H108O6/c1-4-7-10-13-16-19-22-25-28-31-34-37-40-43-46-49-52-55-58-61-67(70)73-64-66(75-69(72)63-60-57-54-51-48-45-42-39-36-33-30-27-24-21-18-15-12-9-6-3)65-74-68(71)62-59-56-53-50-47-44-41-38-35-32-29-26-23-20-17-14-11-8-5-2/h7,9-10,12,16,18-19,21,25-30,34,36-37,39,43,45-46,48,52,54-55,57,66H,4-6,8,11,13-15,17,20,22-24,31-33,35,38,40-42,44,47,49-51,53,56,58-65H2,1-3H3/b10-7-,12-9-,19-16-,21-18-,28-25-,29-26-,30-27-,37-34-,39-36-,46-43-,48-45-,55-52-,57-54-. The maximum Gasteiger partial charge on any atom is 0.306 e. The molecule has 6 nitrogen and oxygen atoms in total. The summed E-state index contributed by atoms with van der Waals surface area (Å²) in [7, 11) is 0. The van der Waals surface area contributed by atoms with Crippen LogP contribution in [0, 0.1) is 0 Å². The predicted octanol–water partition coefficient (Wildman–Crippen LogP) is 20.5. The van der Waals surface area contributed by atoms with Crippen molar-refractivity contribution in [3.8, 4) is 0 Å². The Kier molecular flexibility index (Phi) is 57.5. The van der Waals surface area contributed by atoms with E-state index in [-0.39, 0.29) is 38.0 Å². The molecule has 0 aliphatic carbocycles. The highest BCUT2D eigenvalue weighted by atomic mass is 16.6. The molecule has 0 aromatic heterocycles. The van der Waals surface area contributed by atoms with Gasteiger partial charge in [0.05, 0.1) is 0 Å². The molecule has 0 aromatic carbocycles. The number of carbonyl (C=O) groups excluding carboxylic acids is 3. The van der Waals surface area contributed by atoms with Gasteiger partial charge in [0.1, 0.15) is 13.2 Å². The van der Waals surface area contributed by atoms with Crippen LogP contribution in [0.3, 0.4) is 0 Å². The average molecular weight is 1030 g/mol. The molecule has 0 N–H and O–H groups in total. The Morgan fingerprint density at radius 3 is 0.893 bits per heavy atom. The summed E-state index contributed by atoms with van der Waals surface area (Å²) in [4.78, 5) is 38.2. The molecule has 0 fully saturated rings. The molecule has 0 spiro atoms. The number of ether oxygens (including phenoxy) is 3. The van der Waals surface area contributed by atoms with Crippen molar-refractivity contribution in [1.82, 2.24) is 0 Å². The van der Waals surface area contributed by atoms with Gasteiger partial charge in [-0.2, -0.15) is 0 Å². The van der Waals surface area contributed by atoms with Gasteiger partial charge in [-0.05, 0) is 122 Å². The van der Waals surface area contributed by atoms with Gasteiger partial charge in [-0.1, -0.05) is 256 Å². The second-order valence-electron chi connectivity index (χ2n) is 19.1. The minimum atomic E-state index is -0.859. The fraction of sp³-hybridized carbons (Fsp3) is 0.580. The minimum absolute atomic E-state index is 0.139. The number of carbonyl (C=O) groups is 3. The fourth-order valence-corrected chi connectivity index (χ4v) is 7.61. The summed E-state index contributed by atoms with van der Waals surface area (Å²) in [5.41, 5.74) is 0. The van der Waals surface area contributed by atoms with Crippen molar-refractivity contribution in [2.75, 3.05) is 13.2 Å². The van der Waals surface area contributed by atoms with Crippen LogP contribution in [-0.4, -0.2) is 37.2 Å². The second-order valence-corrected chi connectivity index (χ2v) is 19.1. The topological polar surface area (TPSA) is 78.9 Å². The zero-order chi connectivity index (χ0) is 54.3. The van der Waals surface area contributed by atoms with Gasteiger partial charge in [0.25, 0.3) is 0 Å².